The number of hydrogen-bond acceptors (Lipinski definition) is 6. The molecule has 0 aliphatic heterocycles. The summed E-state index contributed by atoms with van der Waals surface area (Å²) in [5.74, 6) is 0.297. The molecule has 150 valence electrons. The van der Waals surface area contributed by atoms with Crippen molar-refractivity contribution in [1.82, 2.24) is 20.2 Å². The van der Waals surface area contributed by atoms with Crippen LogP contribution in [0, 0.1) is 0 Å². The molecule has 0 bridgehead atoms. The van der Waals surface area contributed by atoms with Crippen LogP contribution in [0.15, 0.2) is 90.1 Å². The molecular weight excluding hydrogens is 398 g/mol. The van der Waals surface area contributed by atoms with Gasteiger partial charge in [-0.15, -0.1) is 5.10 Å². The highest BCUT2D eigenvalue weighted by atomic mass is 32.2. The first kappa shape index (κ1) is 19.7. The zero-order valence-electron chi connectivity index (χ0n) is 16.0. The average molecular weight is 417 g/mol. The predicted molar refractivity (Wildman–Crippen MR) is 116 cm³/mol. The fourth-order valence-corrected chi connectivity index (χ4v) is 3.69. The molecule has 1 N–H and O–H groups in total. The van der Waals surface area contributed by atoms with Gasteiger partial charge >= 0.3 is 0 Å². The van der Waals surface area contributed by atoms with Gasteiger partial charge < -0.3 is 10.0 Å². The van der Waals surface area contributed by atoms with Gasteiger partial charge in [0.1, 0.15) is 5.75 Å². The van der Waals surface area contributed by atoms with Gasteiger partial charge in [-0.2, -0.15) is 4.68 Å². The Bertz CT molecular complexity index is 1100. The van der Waals surface area contributed by atoms with E-state index in [0.29, 0.717) is 17.4 Å². The third-order valence-corrected chi connectivity index (χ3v) is 5.32. The summed E-state index contributed by atoms with van der Waals surface area (Å²) >= 11 is 1.27. The summed E-state index contributed by atoms with van der Waals surface area (Å²) in [4.78, 5) is 14.9. The van der Waals surface area contributed by atoms with E-state index in [1.54, 1.807) is 33.8 Å². The number of benzene rings is 3. The average Bonchev–Trinajstić information content (AvgIpc) is 3.26. The molecule has 0 radical (unpaired) electrons. The van der Waals surface area contributed by atoms with Crippen molar-refractivity contribution in [3.05, 3.63) is 90.5 Å². The largest absolute Gasteiger partial charge is 0.508 e. The number of phenolic OH excluding ortho intramolecular Hbond substituents is 1. The van der Waals surface area contributed by atoms with E-state index in [4.69, 9.17) is 0 Å². The van der Waals surface area contributed by atoms with Gasteiger partial charge in [-0.05, 0) is 52.4 Å². The molecule has 0 aliphatic carbocycles. The van der Waals surface area contributed by atoms with Crippen molar-refractivity contribution in [2.24, 2.45) is 0 Å². The molecule has 0 atom stereocenters. The standard InChI is InChI=1S/C22H19N5O2S/c28-20-13-11-19(12-14-20)27-22(23-24-25-27)30-16-21(29)26(18-9-5-2-6-10-18)15-17-7-3-1-4-8-17/h1-14,28H,15-16H2. The topological polar surface area (TPSA) is 84.1 Å². The monoisotopic (exact) mass is 417 g/mol. The van der Waals surface area contributed by atoms with Gasteiger partial charge in [-0.1, -0.05) is 60.3 Å². The minimum atomic E-state index is -0.0460. The summed E-state index contributed by atoms with van der Waals surface area (Å²) in [7, 11) is 0. The maximum Gasteiger partial charge on any atom is 0.237 e. The zero-order valence-corrected chi connectivity index (χ0v) is 16.8. The van der Waals surface area contributed by atoms with Crippen LogP contribution in [0.5, 0.6) is 5.75 Å². The number of para-hydroxylation sites is 1. The maximum atomic E-state index is 13.1. The lowest BCUT2D eigenvalue weighted by molar-refractivity contribution is -0.116. The molecule has 3 aromatic carbocycles. The van der Waals surface area contributed by atoms with Crippen molar-refractivity contribution in [3.8, 4) is 11.4 Å². The number of thioether (sulfide) groups is 1. The molecule has 0 unspecified atom stereocenters. The van der Waals surface area contributed by atoms with Gasteiger partial charge in [0, 0.05) is 5.69 Å². The van der Waals surface area contributed by atoms with Crippen LogP contribution in [0.25, 0.3) is 5.69 Å². The highest BCUT2D eigenvalue weighted by Crippen LogP contribution is 2.23. The molecule has 30 heavy (non-hydrogen) atoms. The highest BCUT2D eigenvalue weighted by molar-refractivity contribution is 7.99. The van der Waals surface area contributed by atoms with Crippen molar-refractivity contribution in [3.63, 3.8) is 0 Å². The number of aromatic hydroxyl groups is 1. The number of tetrazole rings is 1. The normalized spacial score (nSPS) is 10.7. The molecule has 1 aromatic heterocycles. The second-order valence-electron chi connectivity index (χ2n) is 6.48. The second kappa shape index (κ2) is 9.23. The second-order valence-corrected chi connectivity index (χ2v) is 7.42. The summed E-state index contributed by atoms with van der Waals surface area (Å²) in [6.45, 7) is 0.479. The molecule has 7 nitrogen and oxygen atoms in total. The van der Waals surface area contributed by atoms with Crippen LogP contribution < -0.4 is 4.90 Å². The lowest BCUT2D eigenvalue weighted by Crippen LogP contribution is -2.32. The van der Waals surface area contributed by atoms with E-state index in [9.17, 15) is 9.90 Å². The van der Waals surface area contributed by atoms with Crippen LogP contribution in [0.1, 0.15) is 5.56 Å². The molecule has 0 aliphatic rings. The Hall–Kier alpha value is -3.65. The van der Waals surface area contributed by atoms with E-state index in [1.807, 2.05) is 60.7 Å². The quantitative estimate of drug-likeness (QED) is 0.462. The number of rotatable bonds is 7. The first-order valence-electron chi connectivity index (χ1n) is 9.30. The summed E-state index contributed by atoms with van der Waals surface area (Å²) in [5.41, 5.74) is 2.59. The van der Waals surface area contributed by atoms with E-state index in [-0.39, 0.29) is 17.4 Å². The van der Waals surface area contributed by atoms with Crippen molar-refractivity contribution < 1.29 is 9.90 Å². The van der Waals surface area contributed by atoms with Crippen molar-refractivity contribution in [2.75, 3.05) is 10.7 Å². The van der Waals surface area contributed by atoms with Crippen LogP contribution >= 0.6 is 11.8 Å². The summed E-state index contributed by atoms with van der Waals surface area (Å²) in [5, 5.41) is 21.7. The number of phenols is 1. The van der Waals surface area contributed by atoms with E-state index in [1.165, 1.54) is 11.8 Å². The van der Waals surface area contributed by atoms with Gasteiger partial charge in [-0.25, -0.2) is 0 Å². The summed E-state index contributed by atoms with van der Waals surface area (Å²) in [6, 6.07) is 26.0. The highest BCUT2D eigenvalue weighted by Gasteiger charge is 2.18. The molecule has 0 spiro atoms. The van der Waals surface area contributed by atoms with Gasteiger partial charge in [0.05, 0.1) is 18.0 Å². The van der Waals surface area contributed by atoms with Crippen LogP contribution in [-0.2, 0) is 11.3 Å². The molecule has 8 heteroatoms. The van der Waals surface area contributed by atoms with Gasteiger partial charge in [-0.3, -0.25) is 4.79 Å². The van der Waals surface area contributed by atoms with E-state index < -0.39 is 0 Å². The number of carbonyl (C=O) groups excluding carboxylic acids is 1. The maximum absolute atomic E-state index is 13.1. The van der Waals surface area contributed by atoms with Crippen molar-refractivity contribution >= 4 is 23.4 Å². The third kappa shape index (κ3) is 4.66. The molecule has 0 saturated carbocycles. The Kier molecular flexibility index (Phi) is 6.05. The lowest BCUT2D eigenvalue weighted by Gasteiger charge is -2.23. The first-order valence-corrected chi connectivity index (χ1v) is 10.3. The van der Waals surface area contributed by atoms with Crippen molar-refractivity contribution in [1.29, 1.82) is 0 Å². The number of hydrogen-bond donors (Lipinski definition) is 1. The van der Waals surface area contributed by atoms with Gasteiger partial charge in [0.15, 0.2) is 0 Å². The summed E-state index contributed by atoms with van der Waals surface area (Å²) in [6.07, 6.45) is 0. The fourth-order valence-electron chi connectivity index (χ4n) is 2.93. The zero-order chi connectivity index (χ0) is 20.8. The van der Waals surface area contributed by atoms with E-state index >= 15 is 0 Å². The van der Waals surface area contributed by atoms with Gasteiger partial charge in [0.25, 0.3) is 0 Å². The lowest BCUT2D eigenvalue weighted by atomic mass is 10.2. The first-order chi connectivity index (χ1) is 14.7. The van der Waals surface area contributed by atoms with Gasteiger partial charge in [0.2, 0.25) is 11.1 Å². The number of amides is 1. The molecule has 1 amide bonds. The molecule has 4 aromatic rings. The summed E-state index contributed by atoms with van der Waals surface area (Å²) < 4.78 is 1.54. The molecule has 4 rings (SSSR count). The van der Waals surface area contributed by atoms with Crippen LogP contribution in [-0.4, -0.2) is 37.0 Å². The van der Waals surface area contributed by atoms with E-state index in [2.05, 4.69) is 15.5 Å². The SMILES string of the molecule is O=C(CSc1nnnn1-c1ccc(O)cc1)N(Cc1ccccc1)c1ccccc1. The van der Waals surface area contributed by atoms with Crippen molar-refractivity contribution in [2.45, 2.75) is 11.7 Å². The molecular formula is C22H19N5O2S. The number of aromatic nitrogens is 4. The van der Waals surface area contributed by atoms with Crippen LogP contribution in [0.4, 0.5) is 5.69 Å². The molecule has 1 heterocycles. The Labute approximate surface area is 178 Å². The van der Waals surface area contributed by atoms with Crippen LogP contribution in [0.2, 0.25) is 0 Å². The van der Waals surface area contributed by atoms with E-state index in [0.717, 1.165) is 11.3 Å². The Morgan fingerprint density at radius 3 is 2.30 bits per heavy atom. The minimum Gasteiger partial charge on any atom is -0.508 e. The molecule has 0 saturated heterocycles. The number of nitrogens with zero attached hydrogens (tertiary/aromatic N) is 5. The molecule has 0 fully saturated rings. The minimum absolute atomic E-state index is 0.0460. The number of anilines is 1. The fraction of sp³-hybridized carbons (Fsp3) is 0.0909. The third-order valence-electron chi connectivity index (χ3n) is 4.41. The Balaban J connectivity index is 1.51. The Morgan fingerprint density at radius 2 is 1.60 bits per heavy atom. The Morgan fingerprint density at radius 1 is 0.933 bits per heavy atom. The van der Waals surface area contributed by atoms with Crippen LogP contribution in [0.3, 0.4) is 0 Å². The number of carbonyl (C=O) groups is 1. The smallest absolute Gasteiger partial charge is 0.237 e. The predicted octanol–water partition coefficient (Wildman–Crippen LogP) is 3.69.